The molecule has 0 radical (unpaired) electrons. The minimum atomic E-state index is 0.128. The fourth-order valence-electron chi connectivity index (χ4n) is 1.60. The summed E-state index contributed by atoms with van der Waals surface area (Å²) in [4.78, 5) is 11.0. The minimum Gasteiger partial charge on any atom is -0.475 e. The number of rotatable bonds is 7. The van der Waals surface area contributed by atoms with Gasteiger partial charge in [0.05, 0.1) is 6.10 Å². The highest BCUT2D eigenvalue weighted by Crippen LogP contribution is 2.16. The van der Waals surface area contributed by atoms with Gasteiger partial charge < -0.3 is 9.64 Å². The van der Waals surface area contributed by atoms with E-state index in [-0.39, 0.29) is 6.10 Å². The lowest BCUT2D eigenvalue weighted by Gasteiger charge is -2.26. The Kier molecular flexibility index (Phi) is 6.39. The van der Waals surface area contributed by atoms with E-state index in [0.29, 0.717) is 11.9 Å². The van der Waals surface area contributed by atoms with Crippen molar-refractivity contribution >= 4 is 21.9 Å². The van der Waals surface area contributed by atoms with Crippen LogP contribution in [0.3, 0.4) is 0 Å². The van der Waals surface area contributed by atoms with E-state index in [0.717, 1.165) is 24.2 Å². The van der Waals surface area contributed by atoms with Gasteiger partial charge in [0, 0.05) is 30.2 Å². The maximum Gasteiger partial charge on any atom is 0.228 e. The Morgan fingerprint density at radius 2 is 2.06 bits per heavy atom. The van der Waals surface area contributed by atoms with Gasteiger partial charge in [-0.15, -0.1) is 0 Å². The van der Waals surface area contributed by atoms with Crippen molar-refractivity contribution in [1.82, 2.24) is 9.97 Å². The molecule has 102 valence electrons. The molecular formula is C13H22BrN3O. The summed E-state index contributed by atoms with van der Waals surface area (Å²) < 4.78 is 5.60. The zero-order valence-corrected chi connectivity index (χ0v) is 13.1. The molecule has 5 heteroatoms. The van der Waals surface area contributed by atoms with Gasteiger partial charge in [-0.3, -0.25) is 0 Å². The third-order valence-electron chi connectivity index (χ3n) is 2.39. The van der Waals surface area contributed by atoms with Gasteiger partial charge in [-0.2, -0.15) is 4.98 Å². The molecule has 0 aliphatic carbocycles. The van der Waals surface area contributed by atoms with Crippen molar-refractivity contribution in [2.75, 3.05) is 16.8 Å². The molecule has 1 rings (SSSR count). The van der Waals surface area contributed by atoms with Crippen molar-refractivity contribution in [2.45, 2.75) is 46.3 Å². The Balaban J connectivity index is 2.83. The minimum absolute atomic E-state index is 0.128. The van der Waals surface area contributed by atoms with E-state index >= 15 is 0 Å². The van der Waals surface area contributed by atoms with Crippen LogP contribution < -0.4 is 9.64 Å². The first kappa shape index (κ1) is 15.2. The van der Waals surface area contributed by atoms with E-state index in [4.69, 9.17) is 4.74 Å². The lowest BCUT2D eigenvalue weighted by molar-refractivity contribution is 0.232. The van der Waals surface area contributed by atoms with Gasteiger partial charge in [-0.05, 0) is 34.1 Å². The molecule has 0 saturated heterocycles. The Labute approximate surface area is 118 Å². The van der Waals surface area contributed by atoms with E-state index < -0.39 is 0 Å². The third kappa shape index (κ3) is 4.80. The van der Waals surface area contributed by atoms with Crippen LogP contribution in [0.5, 0.6) is 5.88 Å². The first-order valence-electron chi connectivity index (χ1n) is 6.37. The van der Waals surface area contributed by atoms with E-state index in [2.05, 4.69) is 44.6 Å². The number of alkyl halides is 1. The Hall–Kier alpha value is -0.840. The second-order valence-electron chi connectivity index (χ2n) is 4.69. The van der Waals surface area contributed by atoms with Gasteiger partial charge in [0.1, 0.15) is 0 Å². The average Bonchev–Trinajstić information content (AvgIpc) is 2.28. The number of halogens is 1. The first-order valence-corrected chi connectivity index (χ1v) is 7.49. The zero-order valence-electron chi connectivity index (χ0n) is 11.6. The zero-order chi connectivity index (χ0) is 13.5. The van der Waals surface area contributed by atoms with E-state index in [1.807, 2.05) is 13.8 Å². The molecule has 0 fully saturated rings. The molecule has 4 nitrogen and oxygen atoms in total. The predicted octanol–water partition coefficient (Wildman–Crippen LogP) is 3.26. The third-order valence-corrected chi connectivity index (χ3v) is 2.95. The van der Waals surface area contributed by atoms with Gasteiger partial charge in [-0.1, -0.05) is 15.9 Å². The molecule has 0 aliphatic heterocycles. The summed E-state index contributed by atoms with van der Waals surface area (Å²) in [6.45, 7) is 9.22. The van der Waals surface area contributed by atoms with E-state index in [1.54, 1.807) is 12.3 Å². The SMILES string of the molecule is CC(C)Oc1ccnc(N(CCCBr)C(C)C)n1. The fourth-order valence-corrected chi connectivity index (χ4v) is 1.85. The molecule has 0 amide bonds. The van der Waals surface area contributed by atoms with Crippen LogP contribution in [0.15, 0.2) is 12.3 Å². The Morgan fingerprint density at radius 3 is 2.61 bits per heavy atom. The number of nitrogens with zero attached hydrogens (tertiary/aromatic N) is 3. The molecule has 0 bridgehead atoms. The van der Waals surface area contributed by atoms with Gasteiger partial charge in [0.25, 0.3) is 0 Å². The number of hydrogen-bond donors (Lipinski definition) is 0. The van der Waals surface area contributed by atoms with Crippen molar-refractivity contribution in [3.63, 3.8) is 0 Å². The van der Waals surface area contributed by atoms with Crippen LogP contribution in [0.25, 0.3) is 0 Å². The summed E-state index contributed by atoms with van der Waals surface area (Å²) in [7, 11) is 0. The van der Waals surface area contributed by atoms with Crippen LogP contribution in [0.4, 0.5) is 5.95 Å². The standard InChI is InChI=1S/C13H22BrN3O/c1-10(2)17(9-5-7-14)13-15-8-6-12(16-13)18-11(3)4/h6,8,10-11H,5,7,9H2,1-4H3. The topological polar surface area (TPSA) is 38.2 Å². The molecule has 18 heavy (non-hydrogen) atoms. The highest BCUT2D eigenvalue weighted by Gasteiger charge is 2.14. The molecule has 0 atom stereocenters. The molecule has 1 aromatic heterocycles. The monoisotopic (exact) mass is 315 g/mol. The van der Waals surface area contributed by atoms with Gasteiger partial charge in [-0.25, -0.2) is 4.98 Å². The average molecular weight is 316 g/mol. The van der Waals surface area contributed by atoms with Gasteiger partial charge in [0.2, 0.25) is 11.8 Å². The first-order chi connectivity index (χ1) is 8.54. The molecular weight excluding hydrogens is 294 g/mol. The lowest BCUT2D eigenvalue weighted by Crippen LogP contribution is -2.33. The summed E-state index contributed by atoms with van der Waals surface area (Å²) in [5.41, 5.74) is 0. The maximum atomic E-state index is 5.60. The van der Waals surface area contributed by atoms with Crippen molar-refractivity contribution in [2.24, 2.45) is 0 Å². The number of ether oxygens (including phenoxy) is 1. The fraction of sp³-hybridized carbons (Fsp3) is 0.692. The van der Waals surface area contributed by atoms with Crippen molar-refractivity contribution < 1.29 is 4.74 Å². The van der Waals surface area contributed by atoms with Gasteiger partial charge in [0.15, 0.2) is 0 Å². The second-order valence-corrected chi connectivity index (χ2v) is 5.48. The normalized spacial score (nSPS) is 11.1. The van der Waals surface area contributed by atoms with E-state index in [9.17, 15) is 0 Å². The number of aromatic nitrogens is 2. The summed E-state index contributed by atoms with van der Waals surface area (Å²) >= 11 is 3.45. The summed E-state index contributed by atoms with van der Waals surface area (Å²) in [6.07, 6.45) is 2.95. The molecule has 0 aliphatic rings. The highest BCUT2D eigenvalue weighted by atomic mass is 79.9. The highest BCUT2D eigenvalue weighted by molar-refractivity contribution is 9.09. The number of anilines is 1. The molecule has 0 spiro atoms. The van der Waals surface area contributed by atoms with Crippen LogP contribution in [0.2, 0.25) is 0 Å². The summed E-state index contributed by atoms with van der Waals surface area (Å²) in [5.74, 6) is 1.38. The smallest absolute Gasteiger partial charge is 0.228 e. The number of hydrogen-bond acceptors (Lipinski definition) is 4. The quantitative estimate of drug-likeness (QED) is 0.724. The Morgan fingerprint density at radius 1 is 1.33 bits per heavy atom. The van der Waals surface area contributed by atoms with Crippen LogP contribution in [0, 0.1) is 0 Å². The molecule has 0 saturated carbocycles. The van der Waals surface area contributed by atoms with Crippen LogP contribution in [-0.4, -0.2) is 34.0 Å². The maximum absolute atomic E-state index is 5.60. The van der Waals surface area contributed by atoms with Crippen molar-refractivity contribution in [3.05, 3.63) is 12.3 Å². The lowest BCUT2D eigenvalue weighted by atomic mass is 10.3. The summed E-state index contributed by atoms with van der Waals surface area (Å²) in [6, 6.07) is 2.17. The largest absolute Gasteiger partial charge is 0.475 e. The Bertz CT molecular complexity index is 358. The predicted molar refractivity (Wildman–Crippen MR) is 78.7 cm³/mol. The molecule has 1 heterocycles. The molecule has 0 unspecified atom stereocenters. The van der Waals surface area contributed by atoms with Gasteiger partial charge >= 0.3 is 0 Å². The van der Waals surface area contributed by atoms with Crippen molar-refractivity contribution in [3.8, 4) is 5.88 Å². The van der Waals surface area contributed by atoms with Crippen LogP contribution in [-0.2, 0) is 0 Å². The summed E-state index contributed by atoms with van der Waals surface area (Å²) in [5, 5.41) is 0.985. The molecule has 0 N–H and O–H groups in total. The molecule has 1 aromatic rings. The molecule has 0 aromatic carbocycles. The van der Waals surface area contributed by atoms with E-state index in [1.165, 1.54) is 0 Å². The second kappa shape index (κ2) is 7.56. The van der Waals surface area contributed by atoms with Crippen LogP contribution >= 0.6 is 15.9 Å². The van der Waals surface area contributed by atoms with Crippen molar-refractivity contribution in [1.29, 1.82) is 0 Å². The van der Waals surface area contributed by atoms with Crippen LogP contribution in [0.1, 0.15) is 34.1 Å².